The second-order valence-electron chi connectivity index (χ2n) is 3.46. The molecule has 1 rings (SSSR count). The number of carbonyl (C=O) groups excluding carboxylic acids is 1. The topological polar surface area (TPSA) is 92.9 Å². The molecule has 78 valence electrons. The number of nitrogens with one attached hydrogen (secondary N) is 1. The van der Waals surface area contributed by atoms with Crippen LogP contribution in [0.4, 0.5) is 0 Å². The van der Waals surface area contributed by atoms with Gasteiger partial charge in [0.1, 0.15) is 5.60 Å². The lowest BCUT2D eigenvalue weighted by Crippen LogP contribution is -2.41. The fraction of sp³-hybridized carbons (Fsp3) is 0.714. The van der Waals surface area contributed by atoms with Gasteiger partial charge in [0, 0.05) is 7.05 Å². The number of aromatic nitrogens is 4. The lowest BCUT2D eigenvalue weighted by atomic mass is 10.1. The van der Waals surface area contributed by atoms with Crippen molar-refractivity contribution in [1.82, 2.24) is 25.5 Å². The van der Waals surface area contributed by atoms with E-state index in [2.05, 4.69) is 20.8 Å². The summed E-state index contributed by atoms with van der Waals surface area (Å²) in [5.74, 6) is 0.0723. The molecule has 0 saturated carbocycles. The molecule has 7 heteroatoms. The van der Waals surface area contributed by atoms with Crippen molar-refractivity contribution >= 4 is 5.91 Å². The minimum absolute atomic E-state index is 0.201. The predicted octanol–water partition coefficient (Wildman–Crippen LogP) is -1.40. The van der Waals surface area contributed by atoms with Gasteiger partial charge in [-0.05, 0) is 24.3 Å². The standard InChI is InChI=1S/C7H13N5O2/c1-7(2,14)6(13)8-4-5-9-10-11-12(5)3/h14H,4H2,1-3H3,(H,8,13). The highest BCUT2D eigenvalue weighted by Gasteiger charge is 2.23. The average Bonchev–Trinajstić information content (AvgIpc) is 2.45. The molecule has 0 atom stereocenters. The largest absolute Gasteiger partial charge is 0.381 e. The molecular weight excluding hydrogens is 186 g/mol. The molecule has 1 aromatic heterocycles. The first-order chi connectivity index (χ1) is 6.41. The lowest BCUT2D eigenvalue weighted by Gasteiger charge is -2.15. The maximum atomic E-state index is 11.2. The van der Waals surface area contributed by atoms with Crippen molar-refractivity contribution < 1.29 is 9.90 Å². The molecule has 0 unspecified atom stereocenters. The van der Waals surface area contributed by atoms with Crippen LogP contribution in [0.25, 0.3) is 0 Å². The molecule has 0 aliphatic heterocycles. The number of tetrazole rings is 1. The Hall–Kier alpha value is -1.50. The number of nitrogens with zero attached hydrogens (tertiary/aromatic N) is 4. The summed E-state index contributed by atoms with van der Waals surface area (Å²) in [5, 5.41) is 22.5. The Labute approximate surface area is 81.1 Å². The summed E-state index contributed by atoms with van der Waals surface area (Å²) >= 11 is 0. The van der Waals surface area contributed by atoms with E-state index in [1.807, 2.05) is 0 Å². The third kappa shape index (κ3) is 2.49. The fourth-order valence-corrected chi connectivity index (χ4v) is 0.773. The molecule has 0 aromatic carbocycles. The van der Waals surface area contributed by atoms with Crippen molar-refractivity contribution in [2.75, 3.05) is 0 Å². The fourth-order valence-electron chi connectivity index (χ4n) is 0.773. The molecule has 0 saturated heterocycles. The monoisotopic (exact) mass is 199 g/mol. The van der Waals surface area contributed by atoms with E-state index in [0.29, 0.717) is 5.82 Å². The van der Waals surface area contributed by atoms with Crippen LogP contribution in [-0.2, 0) is 18.4 Å². The summed E-state index contributed by atoms with van der Waals surface area (Å²) in [5.41, 5.74) is -1.38. The molecule has 0 aliphatic rings. The zero-order chi connectivity index (χ0) is 10.8. The Kier molecular flexibility index (Phi) is 2.80. The second-order valence-corrected chi connectivity index (χ2v) is 3.46. The summed E-state index contributed by atoms with van der Waals surface area (Å²) in [7, 11) is 1.67. The Morgan fingerprint density at radius 3 is 2.71 bits per heavy atom. The maximum Gasteiger partial charge on any atom is 0.251 e. The Bertz CT molecular complexity index is 327. The number of aliphatic hydroxyl groups is 1. The molecule has 0 fully saturated rings. The van der Waals surface area contributed by atoms with Gasteiger partial charge in [0.2, 0.25) is 0 Å². The molecule has 7 nitrogen and oxygen atoms in total. The first-order valence-corrected chi connectivity index (χ1v) is 4.13. The highest BCUT2D eigenvalue weighted by atomic mass is 16.3. The molecule has 1 aromatic rings. The summed E-state index contributed by atoms with van der Waals surface area (Å²) in [6, 6.07) is 0. The number of aryl methyl sites for hydroxylation is 1. The van der Waals surface area contributed by atoms with Crippen molar-refractivity contribution in [3.8, 4) is 0 Å². The Balaban J connectivity index is 2.50. The van der Waals surface area contributed by atoms with Gasteiger partial charge in [0.25, 0.3) is 5.91 Å². The van der Waals surface area contributed by atoms with E-state index < -0.39 is 11.5 Å². The van der Waals surface area contributed by atoms with E-state index in [0.717, 1.165) is 0 Å². The molecular formula is C7H13N5O2. The number of hydrogen-bond donors (Lipinski definition) is 2. The number of rotatable bonds is 3. The first-order valence-electron chi connectivity index (χ1n) is 4.13. The molecule has 0 radical (unpaired) electrons. The number of hydrogen-bond acceptors (Lipinski definition) is 5. The zero-order valence-electron chi connectivity index (χ0n) is 8.35. The van der Waals surface area contributed by atoms with Gasteiger partial charge < -0.3 is 10.4 Å². The third-order valence-corrected chi connectivity index (χ3v) is 1.67. The highest BCUT2D eigenvalue weighted by Crippen LogP contribution is 2.00. The minimum Gasteiger partial charge on any atom is -0.381 e. The van der Waals surface area contributed by atoms with Crippen molar-refractivity contribution in [2.45, 2.75) is 26.0 Å². The van der Waals surface area contributed by atoms with Gasteiger partial charge in [-0.1, -0.05) is 0 Å². The van der Waals surface area contributed by atoms with Gasteiger partial charge >= 0.3 is 0 Å². The van der Waals surface area contributed by atoms with E-state index in [-0.39, 0.29) is 6.54 Å². The van der Waals surface area contributed by atoms with Crippen LogP contribution in [0, 0.1) is 0 Å². The summed E-state index contributed by atoms with van der Waals surface area (Å²) < 4.78 is 1.45. The van der Waals surface area contributed by atoms with Gasteiger partial charge in [-0.15, -0.1) is 5.10 Å². The second kappa shape index (κ2) is 3.70. The third-order valence-electron chi connectivity index (χ3n) is 1.67. The van der Waals surface area contributed by atoms with Crippen LogP contribution in [0.3, 0.4) is 0 Å². The average molecular weight is 199 g/mol. The van der Waals surface area contributed by atoms with E-state index in [1.54, 1.807) is 7.05 Å². The zero-order valence-corrected chi connectivity index (χ0v) is 8.35. The smallest absolute Gasteiger partial charge is 0.251 e. The Morgan fingerprint density at radius 2 is 2.29 bits per heavy atom. The highest BCUT2D eigenvalue weighted by molar-refractivity contribution is 5.83. The van der Waals surface area contributed by atoms with Crippen molar-refractivity contribution in [3.05, 3.63) is 5.82 Å². The molecule has 0 bridgehead atoms. The van der Waals surface area contributed by atoms with Crippen LogP contribution in [0.15, 0.2) is 0 Å². The predicted molar refractivity (Wildman–Crippen MR) is 46.9 cm³/mol. The Morgan fingerprint density at radius 1 is 1.64 bits per heavy atom. The van der Waals surface area contributed by atoms with Crippen LogP contribution < -0.4 is 5.32 Å². The number of amides is 1. The summed E-state index contributed by atoms with van der Waals surface area (Å²) in [6.07, 6.45) is 0. The van der Waals surface area contributed by atoms with Gasteiger partial charge in [-0.3, -0.25) is 4.79 Å². The van der Waals surface area contributed by atoms with E-state index in [9.17, 15) is 9.90 Å². The minimum atomic E-state index is -1.38. The SMILES string of the molecule is Cn1nnnc1CNC(=O)C(C)(C)O. The van der Waals surface area contributed by atoms with E-state index >= 15 is 0 Å². The van der Waals surface area contributed by atoms with E-state index in [1.165, 1.54) is 18.5 Å². The summed E-state index contributed by atoms with van der Waals surface area (Å²) in [4.78, 5) is 11.2. The normalized spacial score (nSPS) is 11.4. The molecule has 1 amide bonds. The van der Waals surface area contributed by atoms with Gasteiger partial charge in [-0.2, -0.15) is 0 Å². The van der Waals surface area contributed by atoms with Crippen LogP contribution in [0.2, 0.25) is 0 Å². The molecule has 14 heavy (non-hydrogen) atoms. The number of carbonyl (C=O) groups is 1. The van der Waals surface area contributed by atoms with Crippen LogP contribution >= 0.6 is 0 Å². The molecule has 0 aliphatic carbocycles. The van der Waals surface area contributed by atoms with E-state index in [4.69, 9.17) is 0 Å². The maximum absolute atomic E-state index is 11.2. The van der Waals surface area contributed by atoms with Crippen LogP contribution in [0.1, 0.15) is 19.7 Å². The van der Waals surface area contributed by atoms with Crippen LogP contribution in [-0.4, -0.2) is 36.8 Å². The van der Waals surface area contributed by atoms with Crippen molar-refractivity contribution in [3.63, 3.8) is 0 Å². The van der Waals surface area contributed by atoms with Gasteiger partial charge in [0.15, 0.2) is 5.82 Å². The van der Waals surface area contributed by atoms with Crippen LogP contribution in [0.5, 0.6) is 0 Å². The molecule has 2 N–H and O–H groups in total. The lowest BCUT2D eigenvalue weighted by molar-refractivity contribution is -0.136. The first kappa shape index (κ1) is 10.6. The van der Waals surface area contributed by atoms with Gasteiger partial charge in [-0.25, -0.2) is 4.68 Å². The van der Waals surface area contributed by atoms with Gasteiger partial charge in [0.05, 0.1) is 6.54 Å². The molecule has 1 heterocycles. The quantitative estimate of drug-likeness (QED) is 0.624. The summed E-state index contributed by atoms with van der Waals surface area (Å²) in [6.45, 7) is 3.03. The van der Waals surface area contributed by atoms with Crippen molar-refractivity contribution in [1.29, 1.82) is 0 Å². The molecule has 0 spiro atoms. The van der Waals surface area contributed by atoms with Crippen molar-refractivity contribution in [2.24, 2.45) is 7.05 Å².